The number of hydrogen-bond donors (Lipinski definition) is 3. The molecule has 0 unspecified atom stereocenters. The Morgan fingerprint density at radius 2 is 1.86 bits per heavy atom. The molecule has 0 saturated carbocycles. The normalized spacial score (nSPS) is 10.5. The Labute approximate surface area is 125 Å². The Morgan fingerprint density at radius 1 is 1.19 bits per heavy atom. The number of nitrogens with one attached hydrogen (secondary N) is 2. The molecule has 1 aromatic carbocycles. The summed E-state index contributed by atoms with van der Waals surface area (Å²) in [5, 5.41) is 5.11. The molecule has 1 rings (SSSR count). The van der Waals surface area contributed by atoms with Gasteiger partial charge in [0, 0.05) is 13.1 Å². The second-order valence-corrected chi connectivity index (χ2v) is 4.83. The van der Waals surface area contributed by atoms with E-state index in [1.54, 1.807) is 12.1 Å². The molecule has 0 aliphatic carbocycles. The van der Waals surface area contributed by atoms with Crippen LogP contribution in [-0.4, -0.2) is 42.9 Å². The summed E-state index contributed by atoms with van der Waals surface area (Å²) in [7, 11) is 0. The first kappa shape index (κ1) is 17.0. The summed E-state index contributed by atoms with van der Waals surface area (Å²) in [5.74, 6) is -1.35. The summed E-state index contributed by atoms with van der Waals surface area (Å²) in [6.45, 7) is 9.01. The van der Waals surface area contributed by atoms with Crippen molar-refractivity contribution in [2.75, 3.05) is 37.2 Å². The van der Waals surface area contributed by atoms with Gasteiger partial charge >= 0.3 is 11.8 Å². The molecule has 0 aliphatic heterocycles. The highest BCUT2D eigenvalue weighted by Gasteiger charge is 2.14. The maximum atomic E-state index is 11.8. The fourth-order valence-electron chi connectivity index (χ4n) is 1.92. The van der Waals surface area contributed by atoms with Crippen LogP contribution in [0.1, 0.15) is 19.4 Å². The maximum Gasteiger partial charge on any atom is 0.313 e. The number of nitrogens with two attached hydrogens (primary N) is 1. The number of benzene rings is 1. The van der Waals surface area contributed by atoms with Gasteiger partial charge in [-0.2, -0.15) is 0 Å². The smallest absolute Gasteiger partial charge is 0.313 e. The van der Waals surface area contributed by atoms with Crippen molar-refractivity contribution in [2.24, 2.45) is 0 Å². The van der Waals surface area contributed by atoms with Gasteiger partial charge in [0.15, 0.2) is 0 Å². The van der Waals surface area contributed by atoms with E-state index < -0.39 is 11.8 Å². The van der Waals surface area contributed by atoms with Crippen LogP contribution >= 0.6 is 0 Å². The number of rotatable bonds is 6. The molecule has 21 heavy (non-hydrogen) atoms. The number of nitrogens with zero attached hydrogens (tertiary/aromatic N) is 1. The molecule has 6 heteroatoms. The summed E-state index contributed by atoms with van der Waals surface area (Å²) < 4.78 is 0. The number of hydrogen-bond acceptors (Lipinski definition) is 4. The monoisotopic (exact) mass is 292 g/mol. The Hall–Kier alpha value is -2.08. The number of anilines is 2. The number of nitrogen functional groups attached to an aromatic ring is 1. The predicted molar refractivity (Wildman–Crippen MR) is 85.0 cm³/mol. The van der Waals surface area contributed by atoms with Crippen molar-refractivity contribution in [1.82, 2.24) is 10.2 Å². The van der Waals surface area contributed by atoms with Crippen LogP contribution in [0.25, 0.3) is 0 Å². The highest BCUT2D eigenvalue weighted by atomic mass is 16.2. The number of carbonyl (C=O) groups excluding carboxylic acids is 2. The zero-order chi connectivity index (χ0) is 15.8. The largest absolute Gasteiger partial charge is 0.397 e. The van der Waals surface area contributed by atoms with Crippen molar-refractivity contribution < 1.29 is 9.59 Å². The molecular formula is C15H24N4O2. The van der Waals surface area contributed by atoms with Gasteiger partial charge in [0.25, 0.3) is 0 Å². The molecule has 6 nitrogen and oxygen atoms in total. The molecule has 0 spiro atoms. The highest BCUT2D eigenvalue weighted by Crippen LogP contribution is 2.19. The zero-order valence-electron chi connectivity index (χ0n) is 12.9. The van der Waals surface area contributed by atoms with E-state index in [0.29, 0.717) is 17.9 Å². The summed E-state index contributed by atoms with van der Waals surface area (Å²) in [5.41, 5.74) is 7.68. The van der Waals surface area contributed by atoms with Crippen LogP contribution in [0.4, 0.5) is 11.4 Å². The fraction of sp³-hybridized carbons (Fsp3) is 0.467. The first-order valence-electron chi connectivity index (χ1n) is 7.15. The van der Waals surface area contributed by atoms with Crippen LogP contribution < -0.4 is 16.4 Å². The average molecular weight is 292 g/mol. The van der Waals surface area contributed by atoms with Crippen LogP contribution in [0, 0.1) is 6.92 Å². The number of likely N-dealkylation sites (N-methyl/N-ethyl adjacent to an activating group) is 1. The summed E-state index contributed by atoms with van der Waals surface area (Å²) >= 11 is 0. The lowest BCUT2D eigenvalue weighted by Crippen LogP contribution is -2.40. The third-order valence-electron chi connectivity index (χ3n) is 3.27. The second kappa shape index (κ2) is 8.26. The van der Waals surface area contributed by atoms with Gasteiger partial charge in [-0.15, -0.1) is 0 Å². The zero-order valence-corrected chi connectivity index (χ0v) is 12.9. The maximum absolute atomic E-state index is 11.8. The lowest BCUT2D eigenvalue weighted by molar-refractivity contribution is -0.136. The van der Waals surface area contributed by atoms with E-state index in [2.05, 4.69) is 29.4 Å². The quantitative estimate of drug-likeness (QED) is 0.538. The van der Waals surface area contributed by atoms with E-state index in [1.807, 2.05) is 13.0 Å². The molecular weight excluding hydrogens is 268 g/mol. The molecule has 0 fully saturated rings. The molecule has 4 N–H and O–H groups in total. The van der Waals surface area contributed by atoms with Crippen molar-refractivity contribution in [3.05, 3.63) is 23.8 Å². The standard InChI is InChI=1S/C15H24N4O2/c1-4-19(5-2)9-8-17-14(20)15(21)18-13-7-6-11(3)10-12(13)16/h6-7,10H,4-5,8-9,16H2,1-3H3,(H,17,20)(H,18,21). The van der Waals surface area contributed by atoms with Crippen molar-refractivity contribution in [3.8, 4) is 0 Å². The Bertz CT molecular complexity index is 498. The van der Waals surface area contributed by atoms with Gasteiger partial charge in [-0.25, -0.2) is 0 Å². The number of carbonyl (C=O) groups is 2. The SMILES string of the molecule is CCN(CC)CCNC(=O)C(=O)Nc1ccc(C)cc1N. The molecule has 0 saturated heterocycles. The van der Waals surface area contributed by atoms with Gasteiger partial charge in [-0.3, -0.25) is 9.59 Å². The summed E-state index contributed by atoms with van der Waals surface area (Å²) in [4.78, 5) is 25.6. The van der Waals surface area contributed by atoms with Crippen LogP contribution in [0.15, 0.2) is 18.2 Å². The van der Waals surface area contributed by atoms with Crippen LogP contribution in [0.3, 0.4) is 0 Å². The van der Waals surface area contributed by atoms with E-state index in [1.165, 1.54) is 0 Å². The van der Waals surface area contributed by atoms with Crippen LogP contribution in [0.2, 0.25) is 0 Å². The van der Waals surface area contributed by atoms with Gasteiger partial charge in [0.2, 0.25) is 0 Å². The van der Waals surface area contributed by atoms with Crippen molar-refractivity contribution in [3.63, 3.8) is 0 Å². The molecule has 0 aliphatic rings. The van der Waals surface area contributed by atoms with E-state index >= 15 is 0 Å². The van der Waals surface area contributed by atoms with Crippen molar-refractivity contribution >= 4 is 23.2 Å². The molecule has 0 heterocycles. The minimum absolute atomic E-state index is 0.442. The molecule has 1 aromatic rings. The van der Waals surface area contributed by atoms with E-state index in [9.17, 15) is 9.59 Å². The fourth-order valence-corrected chi connectivity index (χ4v) is 1.92. The molecule has 0 radical (unpaired) electrons. The molecule has 0 bridgehead atoms. The number of aryl methyl sites for hydroxylation is 1. The van der Waals surface area contributed by atoms with Gasteiger partial charge in [-0.1, -0.05) is 19.9 Å². The molecule has 116 valence electrons. The molecule has 0 aromatic heterocycles. The minimum atomic E-state index is -0.704. The van der Waals surface area contributed by atoms with Crippen molar-refractivity contribution in [2.45, 2.75) is 20.8 Å². The van der Waals surface area contributed by atoms with Gasteiger partial charge < -0.3 is 21.3 Å². The Balaban J connectivity index is 2.46. The molecule has 0 atom stereocenters. The van der Waals surface area contributed by atoms with E-state index in [-0.39, 0.29) is 0 Å². The van der Waals surface area contributed by atoms with Gasteiger partial charge in [-0.05, 0) is 37.7 Å². The first-order chi connectivity index (χ1) is 9.97. The molecule has 2 amide bonds. The van der Waals surface area contributed by atoms with Gasteiger partial charge in [0.1, 0.15) is 0 Å². The first-order valence-corrected chi connectivity index (χ1v) is 7.15. The summed E-state index contributed by atoms with van der Waals surface area (Å²) in [6.07, 6.45) is 0. The van der Waals surface area contributed by atoms with E-state index in [4.69, 9.17) is 5.73 Å². The Morgan fingerprint density at radius 3 is 2.43 bits per heavy atom. The third kappa shape index (κ3) is 5.43. The topological polar surface area (TPSA) is 87.5 Å². The van der Waals surface area contributed by atoms with Crippen LogP contribution in [0.5, 0.6) is 0 Å². The Kier molecular flexibility index (Phi) is 6.68. The lowest BCUT2D eigenvalue weighted by Gasteiger charge is -2.17. The predicted octanol–water partition coefficient (Wildman–Crippen LogP) is 0.974. The van der Waals surface area contributed by atoms with Gasteiger partial charge in [0.05, 0.1) is 11.4 Å². The number of amides is 2. The van der Waals surface area contributed by atoms with Crippen molar-refractivity contribution in [1.29, 1.82) is 0 Å². The lowest BCUT2D eigenvalue weighted by atomic mass is 10.2. The highest BCUT2D eigenvalue weighted by molar-refractivity contribution is 6.39. The third-order valence-corrected chi connectivity index (χ3v) is 3.27. The van der Waals surface area contributed by atoms with Crippen LogP contribution in [-0.2, 0) is 9.59 Å². The van der Waals surface area contributed by atoms with E-state index in [0.717, 1.165) is 25.2 Å². The minimum Gasteiger partial charge on any atom is -0.397 e. The second-order valence-electron chi connectivity index (χ2n) is 4.83. The summed E-state index contributed by atoms with van der Waals surface area (Å²) in [6, 6.07) is 5.25. The average Bonchev–Trinajstić information content (AvgIpc) is 2.46.